The Morgan fingerprint density at radius 2 is 2.00 bits per heavy atom. The van der Waals surface area contributed by atoms with Gasteiger partial charge in [-0.25, -0.2) is 8.78 Å². The molecule has 1 rings (SSSR count). The van der Waals surface area contributed by atoms with E-state index < -0.39 is 17.5 Å². The molecule has 1 amide bonds. The quantitative estimate of drug-likeness (QED) is 0.873. The number of carbonyl (C=O) groups is 1. The van der Waals surface area contributed by atoms with Gasteiger partial charge >= 0.3 is 0 Å². The van der Waals surface area contributed by atoms with Crippen LogP contribution in [0.1, 0.15) is 27.2 Å². The Morgan fingerprint density at radius 1 is 1.39 bits per heavy atom. The second-order valence-electron chi connectivity index (χ2n) is 5.35. The Morgan fingerprint density at radius 3 is 2.56 bits per heavy atom. The molecule has 1 aromatic carbocycles. The van der Waals surface area contributed by atoms with Crippen LogP contribution in [0.2, 0.25) is 0 Å². The summed E-state index contributed by atoms with van der Waals surface area (Å²) in [5.41, 5.74) is 5.45. The molecule has 0 aliphatic heterocycles. The molecule has 0 fully saturated rings. The topological polar surface area (TPSA) is 55.1 Å². The number of rotatable bonds is 3. The molecule has 1 atom stereocenters. The van der Waals surface area contributed by atoms with Gasteiger partial charge in [-0.05, 0) is 17.5 Å². The Labute approximate surface area is 105 Å². The standard InChI is InChI=1S/C13H18F2N2O/c1-13(2,3)11(16)7-12(18)17-10-6-8(14)4-5-9(10)15/h4-6,11H,7,16H2,1-3H3,(H,17,18). The van der Waals surface area contributed by atoms with Gasteiger partial charge in [0.1, 0.15) is 11.6 Å². The predicted octanol–water partition coefficient (Wildman–Crippen LogP) is 2.67. The average Bonchev–Trinajstić information content (AvgIpc) is 2.22. The Bertz CT molecular complexity index is 441. The summed E-state index contributed by atoms with van der Waals surface area (Å²) in [4.78, 5) is 11.7. The van der Waals surface area contributed by atoms with Crippen LogP contribution in [0.25, 0.3) is 0 Å². The second kappa shape index (κ2) is 5.44. The molecular formula is C13H18F2N2O. The molecule has 0 bridgehead atoms. The van der Waals surface area contributed by atoms with Crippen molar-refractivity contribution in [1.82, 2.24) is 0 Å². The number of hydrogen-bond acceptors (Lipinski definition) is 2. The van der Waals surface area contributed by atoms with Crippen LogP contribution >= 0.6 is 0 Å². The van der Waals surface area contributed by atoms with Crippen molar-refractivity contribution in [1.29, 1.82) is 0 Å². The highest BCUT2D eigenvalue weighted by molar-refractivity contribution is 5.91. The van der Waals surface area contributed by atoms with Crippen molar-refractivity contribution < 1.29 is 13.6 Å². The molecule has 0 heterocycles. The van der Waals surface area contributed by atoms with Gasteiger partial charge in [0.25, 0.3) is 0 Å². The molecule has 1 unspecified atom stereocenters. The summed E-state index contributed by atoms with van der Waals surface area (Å²) < 4.78 is 26.2. The van der Waals surface area contributed by atoms with Gasteiger partial charge in [-0.2, -0.15) is 0 Å². The number of anilines is 1. The lowest BCUT2D eigenvalue weighted by molar-refractivity contribution is -0.117. The van der Waals surface area contributed by atoms with Gasteiger partial charge in [0.05, 0.1) is 5.69 Å². The first kappa shape index (κ1) is 14.6. The van der Waals surface area contributed by atoms with Crippen LogP contribution in [0.15, 0.2) is 18.2 Å². The SMILES string of the molecule is CC(C)(C)C(N)CC(=O)Nc1cc(F)ccc1F. The van der Waals surface area contributed by atoms with Crippen molar-refractivity contribution in [3.63, 3.8) is 0 Å². The summed E-state index contributed by atoms with van der Waals surface area (Å²) in [6.07, 6.45) is 0.0550. The highest BCUT2D eigenvalue weighted by Gasteiger charge is 2.23. The summed E-state index contributed by atoms with van der Waals surface area (Å²) >= 11 is 0. The van der Waals surface area contributed by atoms with Gasteiger partial charge < -0.3 is 11.1 Å². The Kier molecular flexibility index (Phi) is 4.40. The first-order chi connectivity index (χ1) is 8.20. The lowest BCUT2D eigenvalue weighted by Gasteiger charge is -2.26. The number of nitrogens with two attached hydrogens (primary N) is 1. The van der Waals surface area contributed by atoms with Gasteiger partial charge in [-0.15, -0.1) is 0 Å². The minimum absolute atomic E-state index is 0.0550. The maximum Gasteiger partial charge on any atom is 0.226 e. The van der Waals surface area contributed by atoms with Crippen molar-refractivity contribution in [2.45, 2.75) is 33.2 Å². The predicted molar refractivity (Wildman–Crippen MR) is 67.0 cm³/mol. The molecule has 0 aliphatic carbocycles. The summed E-state index contributed by atoms with van der Waals surface area (Å²) in [5.74, 6) is -1.71. The van der Waals surface area contributed by atoms with E-state index in [-0.39, 0.29) is 23.6 Å². The molecule has 0 saturated carbocycles. The molecule has 3 N–H and O–H groups in total. The molecule has 100 valence electrons. The molecule has 0 radical (unpaired) electrons. The zero-order chi connectivity index (χ0) is 13.9. The van der Waals surface area contributed by atoms with E-state index in [1.807, 2.05) is 20.8 Å². The number of benzene rings is 1. The van der Waals surface area contributed by atoms with Crippen molar-refractivity contribution in [2.75, 3.05) is 5.32 Å². The molecule has 3 nitrogen and oxygen atoms in total. The highest BCUT2D eigenvalue weighted by atomic mass is 19.1. The maximum absolute atomic E-state index is 13.3. The van der Waals surface area contributed by atoms with Crippen molar-refractivity contribution >= 4 is 11.6 Å². The minimum Gasteiger partial charge on any atom is -0.327 e. The van der Waals surface area contributed by atoms with E-state index in [0.29, 0.717) is 0 Å². The fourth-order valence-electron chi connectivity index (χ4n) is 1.30. The van der Waals surface area contributed by atoms with E-state index in [2.05, 4.69) is 5.32 Å². The van der Waals surface area contributed by atoms with Crippen molar-refractivity contribution in [2.24, 2.45) is 11.1 Å². The van der Waals surface area contributed by atoms with Crippen LogP contribution in [-0.2, 0) is 4.79 Å². The summed E-state index contributed by atoms with van der Waals surface area (Å²) in [6, 6.07) is 2.55. The summed E-state index contributed by atoms with van der Waals surface area (Å²) in [7, 11) is 0. The minimum atomic E-state index is -0.672. The number of nitrogens with one attached hydrogen (secondary N) is 1. The van der Waals surface area contributed by atoms with E-state index in [0.717, 1.165) is 18.2 Å². The molecule has 0 saturated heterocycles. The van der Waals surface area contributed by atoms with Gasteiger partial charge in [-0.1, -0.05) is 20.8 Å². The number of amides is 1. The Hall–Kier alpha value is -1.49. The van der Waals surface area contributed by atoms with Crippen LogP contribution < -0.4 is 11.1 Å². The monoisotopic (exact) mass is 256 g/mol. The molecule has 1 aromatic rings. The molecule has 0 spiro atoms. The zero-order valence-electron chi connectivity index (χ0n) is 10.8. The molecule has 0 aromatic heterocycles. The molecule has 5 heteroatoms. The summed E-state index contributed by atoms with van der Waals surface area (Å²) in [5, 5.41) is 2.32. The van der Waals surface area contributed by atoms with Gasteiger partial charge in [-0.3, -0.25) is 4.79 Å². The fourth-order valence-corrected chi connectivity index (χ4v) is 1.30. The first-order valence-corrected chi connectivity index (χ1v) is 5.70. The molecule has 0 aliphatic rings. The lowest BCUT2D eigenvalue weighted by atomic mass is 9.85. The number of halogens is 2. The van der Waals surface area contributed by atoms with E-state index >= 15 is 0 Å². The largest absolute Gasteiger partial charge is 0.327 e. The van der Waals surface area contributed by atoms with Gasteiger partial charge in [0.15, 0.2) is 0 Å². The van der Waals surface area contributed by atoms with E-state index in [4.69, 9.17) is 5.73 Å². The third kappa shape index (κ3) is 4.07. The second-order valence-corrected chi connectivity index (χ2v) is 5.35. The first-order valence-electron chi connectivity index (χ1n) is 5.70. The van der Waals surface area contributed by atoms with Gasteiger partial charge in [0, 0.05) is 18.5 Å². The molecular weight excluding hydrogens is 238 g/mol. The van der Waals surface area contributed by atoms with Gasteiger partial charge in [0.2, 0.25) is 5.91 Å². The van der Waals surface area contributed by atoms with E-state index in [1.165, 1.54) is 0 Å². The van der Waals surface area contributed by atoms with Crippen LogP contribution in [0.5, 0.6) is 0 Å². The van der Waals surface area contributed by atoms with Crippen LogP contribution in [0.3, 0.4) is 0 Å². The lowest BCUT2D eigenvalue weighted by Crippen LogP contribution is -2.38. The number of carbonyl (C=O) groups excluding carboxylic acids is 1. The zero-order valence-corrected chi connectivity index (χ0v) is 10.8. The van der Waals surface area contributed by atoms with Crippen LogP contribution in [-0.4, -0.2) is 11.9 Å². The third-order valence-electron chi connectivity index (χ3n) is 2.72. The normalized spacial score (nSPS) is 13.2. The Balaban J connectivity index is 2.68. The third-order valence-corrected chi connectivity index (χ3v) is 2.72. The average molecular weight is 256 g/mol. The maximum atomic E-state index is 13.3. The fraction of sp³-hybridized carbons (Fsp3) is 0.462. The van der Waals surface area contributed by atoms with Crippen LogP contribution in [0.4, 0.5) is 14.5 Å². The summed E-state index contributed by atoms with van der Waals surface area (Å²) in [6.45, 7) is 5.73. The molecule has 18 heavy (non-hydrogen) atoms. The van der Waals surface area contributed by atoms with E-state index in [1.54, 1.807) is 0 Å². The highest BCUT2D eigenvalue weighted by Crippen LogP contribution is 2.21. The van der Waals surface area contributed by atoms with Crippen molar-refractivity contribution in [3.05, 3.63) is 29.8 Å². The van der Waals surface area contributed by atoms with Crippen LogP contribution in [0, 0.1) is 17.0 Å². The number of hydrogen-bond donors (Lipinski definition) is 2. The van der Waals surface area contributed by atoms with E-state index in [9.17, 15) is 13.6 Å². The smallest absolute Gasteiger partial charge is 0.226 e. The van der Waals surface area contributed by atoms with Crippen molar-refractivity contribution in [3.8, 4) is 0 Å².